The Hall–Kier alpha value is -1.80. The first-order chi connectivity index (χ1) is 10.1. The van der Waals surface area contributed by atoms with Gasteiger partial charge in [0.15, 0.2) is 0 Å². The second-order valence-corrected chi connectivity index (χ2v) is 5.76. The second-order valence-electron chi connectivity index (χ2n) is 5.76. The lowest BCUT2D eigenvalue weighted by molar-refractivity contribution is 0.123. The highest BCUT2D eigenvalue weighted by molar-refractivity contribution is 5.29. The minimum atomic E-state index is -0.128. The van der Waals surface area contributed by atoms with Crippen LogP contribution in [-0.2, 0) is 6.42 Å². The van der Waals surface area contributed by atoms with Crippen LogP contribution in [0.3, 0.4) is 0 Å². The molecule has 0 saturated carbocycles. The van der Waals surface area contributed by atoms with E-state index in [1.807, 2.05) is 30.3 Å². The van der Waals surface area contributed by atoms with Gasteiger partial charge in [-0.2, -0.15) is 0 Å². The van der Waals surface area contributed by atoms with Crippen LogP contribution >= 0.6 is 0 Å². The van der Waals surface area contributed by atoms with Gasteiger partial charge in [-0.1, -0.05) is 63.2 Å². The van der Waals surface area contributed by atoms with Crippen LogP contribution in [0.25, 0.3) is 0 Å². The van der Waals surface area contributed by atoms with Crippen molar-refractivity contribution in [2.75, 3.05) is 0 Å². The van der Waals surface area contributed by atoms with Crippen molar-refractivity contribution < 1.29 is 4.74 Å². The molecule has 2 heteroatoms. The molecule has 0 radical (unpaired) electrons. The summed E-state index contributed by atoms with van der Waals surface area (Å²) in [5.41, 5.74) is 8.83. The minimum absolute atomic E-state index is 0.0421. The Morgan fingerprint density at radius 3 is 2.33 bits per heavy atom. The molecular weight excluding hydrogens is 258 g/mol. The van der Waals surface area contributed by atoms with Crippen molar-refractivity contribution in [2.45, 2.75) is 39.3 Å². The fraction of sp³-hybridized carbons (Fsp3) is 0.368. The smallest absolute Gasteiger partial charge is 0.120 e. The van der Waals surface area contributed by atoms with Crippen molar-refractivity contribution in [3.63, 3.8) is 0 Å². The summed E-state index contributed by atoms with van der Waals surface area (Å²) in [5, 5.41) is 0. The molecule has 112 valence electrons. The number of hydrogen-bond donors (Lipinski definition) is 1. The summed E-state index contributed by atoms with van der Waals surface area (Å²) in [6.45, 7) is 6.45. The number of nitrogens with two attached hydrogens (primary N) is 1. The van der Waals surface area contributed by atoms with Crippen LogP contribution < -0.4 is 10.5 Å². The molecule has 2 N–H and O–H groups in total. The van der Waals surface area contributed by atoms with Crippen LogP contribution in [-0.4, -0.2) is 6.10 Å². The maximum absolute atomic E-state index is 6.43. The molecule has 21 heavy (non-hydrogen) atoms. The maximum Gasteiger partial charge on any atom is 0.120 e. The van der Waals surface area contributed by atoms with Gasteiger partial charge in [0.2, 0.25) is 0 Å². The first-order valence-corrected chi connectivity index (χ1v) is 7.68. The van der Waals surface area contributed by atoms with Gasteiger partial charge in [0, 0.05) is 0 Å². The SMILES string of the molecule is CCc1cccc(OC(C(C)C)C(N)c2ccccc2)c1. The average molecular weight is 283 g/mol. The van der Waals surface area contributed by atoms with E-state index < -0.39 is 0 Å². The van der Waals surface area contributed by atoms with Crippen molar-refractivity contribution in [1.82, 2.24) is 0 Å². The molecule has 0 aliphatic carbocycles. The monoisotopic (exact) mass is 283 g/mol. The number of hydrogen-bond acceptors (Lipinski definition) is 2. The minimum Gasteiger partial charge on any atom is -0.488 e. The first kappa shape index (κ1) is 15.6. The zero-order chi connectivity index (χ0) is 15.2. The number of rotatable bonds is 6. The van der Waals surface area contributed by atoms with Crippen LogP contribution in [0.2, 0.25) is 0 Å². The van der Waals surface area contributed by atoms with E-state index in [2.05, 4.69) is 45.0 Å². The van der Waals surface area contributed by atoms with E-state index in [-0.39, 0.29) is 12.1 Å². The highest BCUT2D eigenvalue weighted by Crippen LogP contribution is 2.25. The summed E-state index contributed by atoms with van der Waals surface area (Å²) in [5.74, 6) is 1.24. The van der Waals surface area contributed by atoms with Crippen LogP contribution in [0.15, 0.2) is 54.6 Å². The van der Waals surface area contributed by atoms with Crippen molar-refractivity contribution in [1.29, 1.82) is 0 Å². The molecule has 2 atom stereocenters. The number of ether oxygens (including phenoxy) is 1. The lowest BCUT2D eigenvalue weighted by atomic mass is 9.94. The highest BCUT2D eigenvalue weighted by atomic mass is 16.5. The topological polar surface area (TPSA) is 35.2 Å². The molecule has 2 nitrogen and oxygen atoms in total. The van der Waals surface area contributed by atoms with Crippen molar-refractivity contribution in [2.24, 2.45) is 11.7 Å². The molecule has 0 aliphatic rings. The van der Waals surface area contributed by atoms with Crippen LogP contribution in [0, 0.1) is 5.92 Å². The van der Waals surface area contributed by atoms with Crippen LogP contribution in [0.4, 0.5) is 0 Å². The third-order valence-corrected chi connectivity index (χ3v) is 3.77. The molecule has 2 rings (SSSR count). The number of benzene rings is 2. The molecule has 2 aromatic carbocycles. The summed E-state index contributed by atoms with van der Waals surface area (Å²) < 4.78 is 6.21. The molecule has 2 aromatic rings. The third kappa shape index (κ3) is 4.08. The van der Waals surface area contributed by atoms with Gasteiger partial charge in [-0.05, 0) is 35.6 Å². The molecule has 0 saturated heterocycles. The van der Waals surface area contributed by atoms with E-state index in [4.69, 9.17) is 10.5 Å². The highest BCUT2D eigenvalue weighted by Gasteiger charge is 2.24. The maximum atomic E-state index is 6.43. The molecule has 0 aromatic heterocycles. The summed E-state index contributed by atoms with van der Waals surface area (Å²) in [7, 11) is 0. The average Bonchev–Trinajstić information content (AvgIpc) is 2.52. The Morgan fingerprint density at radius 2 is 1.71 bits per heavy atom. The molecule has 0 heterocycles. The molecule has 2 unspecified atom stereocenters. The summed E-state index contributed by atoms with van der Waals surface area (Å²) in [4.78, 5) is 0. The zero-order valence-electron chi connectivity index (χ0n) is 13.1. The molecule has 0 amide bonds. The normalized spacial score (nSPS) is 14.0. The first-order valence-electron chi connectivity index (χ1n) is 7.68. The van der Waals surface area contributed by atoms with E-state index in [0.717, 1.165) is 17.7 Å². The van der Waals surface area contributed by atoms with Gasteiger partial charge in [0.05, 0.1) is 6.04 Å². The molecular formula is C19H25NO. The van der Waals surface area contributed by atoms with Gasteiger partial charge >= 0.3 is 0 Å². The lowest BCUT2D eigenvalue weighted by Gasteiger charge is -2.28. The van der Waals surface area contributed by atoms with Gasteiger partial charge in [-0.15, -0.1) is 0 Å². The van der Waals surface area contributed by atoms with Crippen molar-refractivity contribution in [3.8, 4) is 5.75 Å². The van der Waals surface area contributed by atoms with Gasteiger partial charge in [0.1, 0.15) is 11.9 Å². The van der Waals surface area contributed by atoms with Gasteiger partial charge in [-0.3, -0.25) is 0 Å². The fourth-order valence-electron chi connectivity index (χ4n) is 2.48. The quantitative estimate of drug-likeness (QED) is 0.855. The standard InChI is InChI=1S/C19H25NO/c1-4-15-9-8-12-17(13-15)21-19(14(2)3)18(20)16-10-6-5-7-11-16/h5-14,18-19H,4,20H2,1-3H3. The van der Waals surface area contributed by atoms with Gasteiger partial charge < -0.3 is 10.5 Å². The second kappa shape index (κ2) is 7.28. The predicted octanol–water partition coefficient (Wildman–Crippen LogP) is 4.35. The van der Waals surface area contributed by atoms with Crippen LogP contribution in [0.1, 0.15) is 37.9 Å². The molecule has 0 aliphatic heterocycles. The Morgan fingerprint density at radius 1 is 1.00 bits per heavy atom. The van der Waals surface area contributed by atoms with E-state index in [0.29, 0.717) is 5.92 Å². The van der Waals surface area contributed by atoms with Gasteiger partial charge in [-0.25, -0.2) is 0 Å². The molecule has 0 spiro atoms. The van der Waals surface area contributed by atoms with Crippen molar-refractivity contribution in [3.05, 3.63) is 65.7 Å². The van der Waals surface area contributed by atoms with Gasteiger partial charge in [0.25, 0.3) is 0 Å². The predicted molar refractivity (Wildman–Crippen MR) is 88.4 cm³/mol. The number of aryl methyl sites for hydroxylation is 1. The van der Waals surface area contributed by atoms with E-state index in [1.165, 1.54) is 5.56 Å². The van der Waals surface area contributed by atoms with E-state index in [1.54, 1.807) is 0 Å². The third-order valence-electron chi connectivity index (χ3n) is 3.77. The Labute approximate surface area is 127 Å². The molecule has 0 bridgehead atoms. The zero-order valence-corrected chi connectivity index (χ0v) is 13.1. The fourth-order valence-corrected chi connectivity index (χ4v) is 2.48. The molecule has 0 fully saturated rings. The van der Waals surface area contributed by atoms with Crippen LogP contribution in [0.5, 0.6) is 5.75 Å². The summed E-state index contributed by atoms with van der Waals surface area (Å²) in [6.07, 6.45) is 0.966. The Balaban J connectivity index is 2.19. The Bertz CT molecular complexity index is 551. The Kier molecular flexibility index (Phi) is 5.40. The van der Waals surface area contributed by atoms with Crippen molar-refractivity contribution >= 4 is 0 Å². The van der Waals surface area contributed by atoms with E-state index >= 15 is 0 Å². The summed E-state index contributed by atoms with van der Waals surface area (Å²) >= 11 is 0. The lowest BCUT2D eigenvalue weighted by Crippen LogP contribution is -2.35. The summed E-state index contributed by atoms with van der Waals surface area (Å²) in [6, 6.07) is 18.3. The van der Waals surface area contributed by atoms with E-state index in [9.17, 15) is 0 Å². The largest absolute Gasteiger partial charge is 0.488 e.